The first-order valence-electron chi connectivity index (χ1n) is 5.04. The molecule has 1 atom stereocenters. The summed E-state index contributed by atoms with van der Waals surface area (Å²) in [4.78, 5) is 11.1. The third-order valence-corrected chi connectivity index (χ3v) is 3.89. The summed E-state index contributed by atoms with van der Waals surface area (Å²) in [5, 5.41) is 0. The van der Waals surface area contributed by atoms with E-state index < -0.39 is 21.8 Å². The van der Waals surface area contributed by atoms with Crippen LogP contribution in [0.3, 0.4) is 0 Å². The van der Waals surface area contributed by atoms with Crippen LogP contribution < -0.4 is 5.73 Å². The highest BCUT2D eigenvalue weighted by atomic mass is 32.2. The zero-order valence-electron chi connectivity index (χ0n) is 9.64. The summed E-state index contributed by atoms with van der Waals surface area (Å²) in [6.45, 7) is 2.05. The molecule has 0 saturated heterocycles. The van der Waals surface area contributed by atoms with Crippen molar-refractivity contribution in [1.29, 1.82) is 0 Å². The van der Waals surface area contributed by atoms with Gasteiger partial charge in [-0.25, -0.2) is 8.42 Å². The Bertz CT molecular complexity index is 303. The topological polar surface area (TPSA) is 86.5 Å². The smallest absolute Gasteiger partial charge is 0.323 e. The van der Waals surface area contributed by atoms with Crippen LogP contribution in [0.2, 0.25) is 0 Å². The highest BCUT2D eigenvalue weighted by Gasteiger charge is 2.13. The maximum atomic E-state index is 11.1. The van der Waals surface area contributed by atoms with Crippen LogP contribution in [0.4, 0.5) is 0 Å². The van der Waals surface area contributed by atoms with Crippen LogP contribution in [0.15, 0.2) is 0 Å². The minimum Gasteiger partial charge on any atom is -0.465 e. The molecule has 5 nitrogen and oxygen atoms in total. The number of hydrogen-bond donors (Lipinski definition) is 1. The second-order valence-corrected chi connectivity index (χ2v) is 6.83. The average molecular weight is 269 g/mol. The summed E-state index contributed by atoms with van der Waals surface area (Å²) in [6.07, 6.45) is 1.79. The van der Waals surface area contributed by atoms with Crippen molar-refractivity contribution in [1.82, 2.24) is 0 Å². The van der Waals surface area contributed by atoms with Gasteiger partial charge in [0.25, 0.3) is 0 Å². The van der Waals surface area contributed by atoms with E-state index >= 15 is 0 Å². The molecule has 0 aliphatic carbocycles. The summed E-state index contributed by atoms with van der Waals surface area (Å²) in [6, 6.07) is -0.622. The van der Waals surface area contributed by atoms with Gasteiger partial charge in [-0.3, -0.25) is 4.79 Å². The average Bonchev–Trinajstić information content (AvgIpc) is 2.15. The quantitative estimate of drug-likeness (QED) is 0.495. The van der Waals surface area contributed by atoms with Crippen LogP contribution in [0.25, 0.3) is 0 Å². The van der Waals surface area contributed by atoms with E-state index in [0.29, 0.717) is 24.5 Å². The van der Waals surface area contributed by atoms with Gasteiger partial charge in [0.2, 0.25) is 0 Å². The van der Waals surface area contributed by atoms with Crippen molar-refractivity contribution in [3.63, 3.8) is 0 Å². The lowest BCUT2D eigenvalue weighted by Crippen LogP contribution is -2.34. The first-order valence-corrected chi connectivity index (χ1v) is 8.26. The van der Waals surface area contributed by atoms with Gasteiger partial charge in [-0.1, -0.05) is 0 Å². The zero-order valence-corrected chi connectivity index (χ0v) is 11.3. The molecule has 2 N–H and O–H groups in total. The van der Waals surface area contributed by atoms with E-state index in [0.717, 1.165) is 0 Å². The van der Waals surface area contributed by atoms with E-state index in [1.165, 1.54) is 18.0 Å². The second kappa shape index (κ2) is 7.92. The fraction of sp³-hybridized carbons (Fsp3) is 0.889. The molecule has 0 amide bonds. The fourth-order valence-electron chi connectivity index (χ4n) is 0.951. The van der Waals surface area contributed by atoms with Crippen molar-refractivity contribution < 1.29 is 17.9 Å². The Kier molecular flexibility index (Phi) is 7.78. The normalized spacial score (nSPS) is 13.4. The Morgan fingerprint density at radius 2 is 2.12 bits per heavy atom. The van der Waals surface area contributed by atoms with E-state index in [1.54, 1.807) is 6.92 Å². The number of rotatable bonds is 8. The highest BCUT2D eigenvalue weighted by molar-refractivity contribution is 7.99. The highest BCUT2D eigenvalue weighted by Crippen LogP contribution is 2.06. The lowest BCUT2D eigenvalue weighted by atomic mass is 10.4. The number of carbonyl (C=O) groups is 1. The largest absolute Gasteiger partial charge is 0.465 e. The fourth-order valence-corrected chi connectivity index (χ4v) is 2.71. The summed E-state index contributed by atoms with van der Waals surface area (Å²) < 4.78 is 26.4. The van der Waals surface area contributed by atoms with Gasteiger partial charge < -0.3 is 10.5 Å². The van der Waals surface area contributed by atoms with Gasteiger partial charge in [0.15, 0.2) is 0 Å². The summed E-state index contributed by atoms with van der Waals surface area (Å²) in [7, 11) is -2.89. The number of hydrogen-bond acceptors (Lipinski definition) is 6. The van der Waals surface area contributed by atoms with Gasteiger partial charge in [-0.05, 0) is 19.1 Å². The van der Waals surface area contributed by atoms with Crippen LogP contribution >= 0.6 is 11.8 Å². The first-order chi connectivity index (χ1) is 7.37. The number of carbonyl (C=O) groups excluding carboxylic acids is 1. The third-order valence-electron chi connectivity index (χ3n) is 1.69. The van der Waals surface area contributed by atoms with Gasteiger partial charge in [0.05, 0.1) is 12.4 Å². The molecular formula is C9H19NO4S2. The van der Waals surface area contributed by atoms with Crippen molar-refractivity contribution in [2.45, 2.75) is 19.4 Å². The number of esters is 1. The number of nitrogens with two attached hydrogens (primary N) is 1. The van der Waals surface area contributed by atoms with Crippen molar-refractivity contribution in [3.8, 4) is 0 Å². The van der Waals surface area contributed by atoms with Crippen molar-refractivity contribution >= 4 is 27.6 Å². The maximum absolute atomic E-state index is 11.1. The van der Waals surface area contributed by atoms with E-state index in [1.807, 2.05) is 0 Å². The summed E-state index contributed by atoms with van der Waals surface area (Å²) in [5.74, 6) is 0.912. The van der Waals surface area contributed by atoms with Crippen molar-refractivity contribution in [2.75, 3.05) is 30.1 Å². The molecule has 0 rings (SSSR count). The molecule has 0 radical (unpaired) electrons. The molecule has 0 aromatic carbocycles. The molecule has 0 saturated carbocycles. The number of ether oxygens (including phenoxy) is 1. The second-order valence-electron chi connectivity index (χ2n) is 3.42. The lowest BCUT2D eigenvalue weighted by molar-refractivity contribution is -0.144. The molecule has 16 heavy (non-hydrogen) atoms. The summed E-state index contributed by atoms with van der Waals surface area (Å²) >= 11 is 1.47. The minimum absolute atomic E-state index is 0.175. The van der Waals surface area contributed by atoms with E-state index in [2.05, 4.69) is 0 Å². The van der Waals surface area contributed by atoms with E-state index in [4.69, 9.17) is 10.5 Å². The Balaban J connectivity index is 3.55. The third kappa shape index (κ3) is 8.99. The molecule has 0 aromatic rings. The molecule has 0 fully saturated rings. The van der Waals surface area contributed by atoms with Gasteiger partial charge in [-0.2, -0.15) is 11.8 Å². The molecule has 7 heteroatoms. The Morgan fingerprint density at radius 1 is 1.50 bits per heavy atom. The van der Waals surface area contributed by atoms with Gasteiger partial charge in [0, 0.05) is 12.0 Å². The maximum Gasteiger partial charge on any atom is 0.323 e. The molecule has 0 aromatic heterocycles. The minimum atomic E-state index is -2.89. The van der Waals surface area contributed by atoms with Crippen LogP contribution in [0.1, 0.15) is 13.3 Å². The van der Waals surface area contributed by atoms with Crippen LogP contribution in [-0.4, -0.2) is 50.6 Å². The molecule has 0 heterocycles. The van der Waals surface area contributed by atoms with E-state index in [9.17, 15) is 13.2 Å². The predicted octanol–water partition coefficient (Wildman–Crippen LogP) is 0.0447. The van der Waals surface area contributed by atoms with Crippen LogP contribution in [0.5, 0.6) is 0 Å². The SMILES string of the molecule is CCOC(=O)C(N)CSCCCS(C)(=O)=O. The van der Waals surface area contributed by atoms with Crippen LogP contribution in [0, 0.1) is 0 Å². The summed E-state index contributed by atoms with van der Waals surface area (Å²) in [5.41, 5.74) is 5.56. The molecule has 0 aliphatic rings. The molecule has 0 aliphatic heterocycles. The Hall–Kier alpha value is -0.270. The monoisotopic (exact) mass is 269 g/mol. The van der Waals surface area contributed by atoms with Gasteiger partial charge in [-0.15, -0.1) is 0 Å². The zero-order chi connectivity index (χ0) is 12.6. The number of thioether (sulfide) groups is 1. The molecule has 0 bridgehead atoms. The lowest BCUT2D eigenvalue weighted by Gasteiger charge is -2.09. The van der Waals surface area contributed by atoms with Gasteiger partial charge in [0.1, 0.15) is 15.9 Å². The van der Waals surface area contributed by atoms with E-state index in [-0.39, 0.29) is 5.75 Å². The molecule has 1 unspecified atom stereocenters. The number of sulfone groups is 1. The van der Waals surface area contributed by atoms with Crippen molar-refractivity contribution in [2.24, 2.45) is 5.73 Å². The van der Waals surface area contributed by atoms with Crippen molar-refractivity contribution in [3.05, 3.63) is 0 Å². The molecule has 0 spiro atoms. The molecule has 96 valence electrons. The Labute approximate surface area is 101 Å². The van der Waals surface area contributed by atoms with Crippen LogP contribution in [-0.2, 0) is 19.4 Å². The Morgan fingerprint density at radius 3 is 2.62 bits per heavy atom. The standard InChI is InChI=1S/C9H19NO4S2/c1-3-14-9(11)8(10)7-15-5-4-6-16(2,12)13/h8H,3-7,10H2,1-2H3. The first kappa shape index (κ1) is 15.7. The van der Waals surface area contributed by atoms with Gasteiger partial charge >= 0.3 is 5.97 Å². The predicted molar refractivity (Wildman–Crippen MR) is 66.3 cm³/mol. The molecular weight excluding hydrogens is 250 g/mol.